The average molecular weight is 529 g/mol. The number of rotatable bonds is 5. The first-order valence-electron chi connectivity index (χ1n) is 13.1. The average Bonchev–Trinajstić information content (AvgIpc) is 3.69. The molecule has 0 radical (unpaired) electrons. The summed E-state index contributed by atoms with van der Waals surface area (Å²) in [7, 11) is 0. The Kier molecular flexibility index (Phi) is 5.70. The number of carbonyl (C=O) groups excluding carboxylic acids is 3. The van der Waals surface area contributed by atoms with Gasteiger partial charge in [-0.15, -0.1) is 0 Å². The number of nitrogens with zero attached hydrogens (tertiary/aromatic N) is 6. The second kappa shape index (κ2) is 9.53. The Morgan fingerprint density at radius 3 is 2.30 bits per heavy atom. The number of amides is 3. The van der Waals surface area contributed by atoms with Gasteiger partial charge in [0.1, 0.15) is 6.54 Å². The van der Waals surface area contributed by atoms with Gasteiger partial charge >= 0.3 is 0 Å². The van der Waals surface area contributed by atoms with Crippen LogP contribution < -0.4 is 4.90 Å². The van der Waals surface area contributed by atoms with Crippen LogP contribution in [0, 0.1) is 0 Å². The van der Waals surface area contributed by atoms with Crippen molar-refractivity contribution in [2.24, 2.45) is 15.4 Å². The maximum Gasteiger partial charge on any atom is 0.264 e. The van der Waals surface area contributed by atoms with Crippen molar-refractivity contribution >= 4 is 39.9 Å². The molecular weight excluding hydrogens is 504 g/mol. The summed E-state index contributed by atoms with van der Waals surface area (Å²) in [6.07, 6.45) is 0.538. The highest BCUT2D eigenvalue weighted by atomic mass is 16.2. The molecule has 0 N–H and O–H groups in total. The van der Waals surface area contributed by atoms with E-state index in [9.17, 15) is 14.4 Å². The molecule has 3 heterocycles. The van der Waals surface area contributed by atoms with Gasteiger partial charge in [0.15, 0.2) is 12.1 Å². The van der Waals surface area contributed by atoms with Gasteiger partial charge in [-0.2, -0.15) is 10.2 Å². The summed E-state index contributed by atoms with van der Waals surface area (Å²) in [6, 6.07) is 30.4. The maximum atomic E-state index is 13.8. The van der Waals surface area contributed by atoms with Crippen molar-refractivity contribution in [2.45, 2.75) is 24.5 Å². The smallest absolute Gasteiger partial charge is 0.264 e. The summed E-state index contributed by atoms with van der Waals surface area (Å²) in [5.41, 5.74) is 3.21. The van der Waals surface area contributed by atoms with Crippen molar-refractivity contribution in [1.29, 1.82) is 0 Å². The molecule has 0 spiro atoms. The SMILES string of the molecule is O=C1[C@@H]2N=NN(CC(=O)N3N=C(c4cccc5ccccc45)C[C@@H]3c3ccccc3)[C@H]2C(=O)N1c1ccccc1. The van der Waals surface area contributed by atoms with Gasteiger partial charge in [-0.25, -0.2) is 9.91 Å². The van der Waals surface area contributed by atoms with Crippen molar-refractivity contribution in [3.63, 3.8) is 0 Å². The fourth-order valence-electron chi connectivity index (χ4n) is 5.71. The number of hydrogen-bond acceptors (Lipinski definition) is 7. The van der Waals surface area contributed by atoms with Gasteiger partial charge in [-0.3, -0.25) is 19.4 Å². The van der Waals surface area contributed by atoms with E-state index in [0.717, 1.165) is 32.5 Å². The van der Waals surface area contributed by atoms with E-state index in [-0.39, 0.29) is 18.5 Å². The monoisotopic (exact) mass is 528 g/mol. The predicted octanol–water partition coefficient (Wildman–Crippen LogP) is 4.51. The van der Waals surface area contributed by atoms with Crippen LogP contribution in [0.5, 0.6) is 0 Å². The number of fused-ring (bicyclic) bond motifs is 2. The van der Waals surface area contributed by atoms with E-state index in [1.54, 1.807) is 24.3 Å². The lowest BCUT2D eigenvalue weighted by atomic mass is 9.95. The van der Waals surface area contributed by atoms with Crippen LogP contribution in [0.3, 0.4) is 0 Å². The lowest BCUT2D eigenvalue weighted by molar-refractivity contribution is -0.135. The molecule has 40 heavy (non-hydrogen) atoms. The number of hydrogen-bond donors (Lipinski definition) is 0. The summed E-state index contributed by atoms with van der Waals surface area (Å²) in [6.45, 7) is -0.234. The number of para-hydroxylation sites is 1. The molecule has 4 aromatic rings. The second-order valence-electron chi connectivity index (χ2n) is 9.98. The Bertz CT molecular complexity index is 1700. The quantitative estimate of drug-likeness (QED) is 0.356. The lowest BCUT2D eigenvalue weighted by Gasteiger charge is -2.25. The molecular formula is C31H24N6O3. The fraction of sp³-hybridized carbons (Fsp3) is 0.161. The van der Waals surface area contributed by atoms with E-state index >= 15 is 0 Å². The largest absolute Gasteiger partial charge is 0.271 e. The van der Waals surface area contributed by atoms with Crippen LogP contribution in [-0.4, -0.2) is 52.1 Å². The van der Waals surface area contributed by atoms with Gasteiger partial charge < -0.3 is 0 Å². The van der Waals surface area contributed by atoms with E-state index < -0.39 is 23.9 Å². The molecule has 0 aliphatic carbocycles. The van der Waals surface area contributed by atoms with Crippen LogP contribution in [0.1, 0.15) is 23.6 Å². The maximum absolute atomic E-state index is 13.8. The highest BCUT2D eigenvalue weighted by Crippen LogP contribution is 2.36. The first-order chi connectivity index (χ1) is 19.6. The van der Waals surface area contributed by atoms with Gasteiger partial charge in [-0.05, 0) is 28.5 Å². The summed E-state index contributed by atoms with van der Waals surface area (Å²) in [5.74, 6) is -1.22. The number of benzene rings is 4. The Balaban J connectivity index is 1.19. The topological polar surface area (TPSA) is 98.0 Å². The van der Waals surface area contributed by atoms with Crippen molar-refractivity contribution in [3.8, 4) is 0 Å². The Morgan fingerprint density at radius 1 is 0.800 bits per heavy atom. The summed E-state index contributed by atoms with van der Waals surface area (Å²) in [5, 5.41) is 18.0. The molecule has 3 aliphatic rings. The minimum Gasteiger partial charge on any atom is -0.271 e. The fourth-order valence-corrected chi connectivity index (χ4v) is 5.71. The summed E-state index contributed by atoms with van der Waals surface area (Å²) in [4.78, 5) is 41.3. The van der Waals surface area contributed by atoms with Crippen molar-refractivity contribution in [1.82, 2.24) is 10.0 Å². The predicted molar refractivity (Wildman–Crippen MR) is 149 cm³/mol. The van der Waals surface area contributed by atoms with Crippen molar-refractivity contribution in [3.05, 3.63) is 114 Å². The zero-order valence-electron chi connectivity index (χ0n) is 21.4. The Morgan fingerprint density at radius 2 is 1.50 bits per heavy atom. The summed E-state index contributed by atoms with van der Waals surface area (Å²) >= 11 is 0. The number of anilines is 1. The molecule has 0 bridgehead atoms. The lowest BCUT2D eigenvalue weighted by Crippen LogP contribution is -2.44. The number of imide groups is 1. The molecule has 7 rings (SSSR count). The van der Waals surface area contributed by atoms with Crippen molar-refractivity contribution in [2.75, 3.05) is 11.4 Å². The highest BCUT2D eigenvalue weighted by molar-refractivity contribution is 6.25. The molecule has 9 nitrogen and oxygen atoms in total. The number of carbonyl (C=O) groups is 3. The van der Waals surface area contributed by atoms with E-state index in [1.807, 2.05) is 60.7 Å². The molecule has 9 heteroatoms. The highest BCUT2D eigenvalue weighted by Gasteiger charge is 2.55. The van der Waals surface area contributed by atoms with Crippen molar-refractivity contribution < 1.29 is 14.4 Å². The van der Waals surface area contributed by atoms with Gasteiger partial charge in [0.2, 0.25) is 0 Å². The summed E-state index contributed by atoms with van der Waals surface area (Å²) < 4.78 is 0. The second-order valence-corrected chi connectivity index (χ2v) is 9.98. The third kappa shape index (κ3) is 3.86. The van der Waals surface area contributed by atoms with Crippen LogP contribution in [0.15, 0.2) is 119 Å². The van der Waals surface area contributed by atoms with E-state index in [4.69, 9.17) is 5.10 Å². The van der Waals surface area contributed by atoms with Crippen LogP contribution >= 0.6 is 0 Å². The molecule has 4 aromatic carbocycles. The van der Waals surface area contributed by atoms with Crippen LogP contribution in [0.25, 0.3) is 10.8 Å². The third-order valence-corrected chi connectivity index (χ3v) is 7.62. The first-order valence-corrected chi connectivity index (χ1v) is 13.1. The Hall–Kier alpha value is -5.18. The minimum atomic E-state index is -0.973. The standard InChI is InChI=1S/C31H24N6O3/c38-27(19-35-29-28(32-34-35)30(39)36(31(29)40)22-14-5-2-6-15-22)37-26(21-11-3-1-4-12-21)18-25(33-37)24-17-9-13-20-10-7-8-16-23(20)24/h1-17,26,28-29H,18-19H2/t26-,28-,29-/m1/s1. The normalized spacial score (nSPS) is 21.9. The minimum absolute atomic E-state index is 0.234. The van der Waals surface area contributed by atoms with Gasteiger partial charge in [0.25, 0.3) is 17.7 Å². The molecule has 3 amide bonds. The molecule has 3 atom stereocenters. The van der Waals surface area contributed by atoms with Gasteiger partial charge in [0, 0.05) is 12.0 Å². The van der Waals surface area contributed by atoms with E-state index in [0.29, 0.717) is 12.1 Å². The van der Waals surface area contributed by atoms with E-state index in [2.05, 4.69) is 28.5 Å². The Labute approximate surface area is 230 Å². The van der Waals surface area contributed by atoms with E-state index in [1.165, 1.54) is 10.0 Å². The zero-order chi connectivity index (χ0) is 27.2. The third-order valence-electron chi connectivity index (χ3n) is 7.62. The molecule has 0 unspecified atom stereocenters. The molecule has 0 saturated carbocycles. The molecule has 1 fully saturated rings. The van der Waals surface area contributed by atoms with Crippen LogP contribution in [0.4, 0.5) is 5.69 Å². The molecule has 196 valence electrons. The van der Waals surface area contributed by atoms with Gasteiger partial charge in [-0.1, -0.05) is 96.2 Å². The van der Waals surface area contributed by atoms with Gasteiger partial charge in [0.05, 0.1) is 17.4 Å². The number of hydrazone groups is 1. The van der Waals surface area contributed by atoms with Crippen LogP contribution in [-0.2, 0) is 14.4 Å². The first kappa shape index (κ1) is 23.9. The molecule has 1 saturated heterocycles. The molecule has 0 aromatic heterocycles. The molecule has 3 aliphatic heterocycles. The van der Waals surface area contributed by atoms with Crippen LogP contribution in [0.2, 0.25) is 0 Å². The zero-order valence-corrected chi connectivity index (χ0v) is 21.4.